The maximum Gasteiger partial charge on any atom is 0.319 e. The van der Waals surface area contributed by atoms with Crippen LogP contribution in [-0.4, -0.2) is 5.97 Å². The fourth-order valence-electron chi connectivity index (χ4n) is 1.35. The number of rotatable bonds is 8. The van der Waals surface area contributed by atoms with E-state index in [9.17, 15) is 4.79 Å². The van der Waals surface area contributed by atoms with Crippen LogP contribution in [0.1, 0.15) is 71.6 Å². The van der Waals surface area contributed by atoms with Crippen molar-refractivity contribution < 1.29 is 9.53 Å². The number of ether oxygens (including phenoxy) is 1. The zero-order valence-electron chi connectivity index (χ0n) is 10.7. The Labute approximate surface area is 99.8 Å². The molecule has 0 unspecified atom stereocenters. The Morgan fingerprint density at radius 1 is 1.00 bits per heavy atom. The summed E-state index contributed by atoms with van der Waals surface area (Å²) in [6.07, 6.45) is 11.8. The van der Waals surface area contributed by atoms with Crippen molar-refractivity contribution in [1.82, 2.24) is 0 Å². The van der Waals surface area contributed by atoms with Crippen LogP contribution in [0.5, 0.6) is 0 Å². The third-order valence-corrected chi connectivity index (χ3v) is 2.38. The summed E-state index contributed by atoms with van der Waals surface area (Å²) in [5, 5.41) is 0. The molecule has 2 nitrogen and oxygen atoms in total. The first-order valence-electron chi connectivity index (χ1n) is 6.48. The first-order chi connectivity index (χ1) is 7.81. The first kappa shape index (κ1) is 15.0. The molecular weight excluding hydrogens is 200 g/mol. The Morgan fingerprint density at radius 3 is 2.38 bits per heavy atom. The van der Waals surface area contributed by atoms with Crippen molar-refractivity contribution in [2.24, 2.45) is 0 Å². The van der Waals surface area contributed by atoms with Crippen LogP contribution in [0.2, 0.25) is 0 Å². The summed E-state index contributed by atoms with van der Waals surface area (Å²) >= 11 is 0. The van der Waals surface area contributed by atoms with Gasteiger partial charge in [-0.2, -0.15) is 0 Å². The van der Waals surface area contributed by atoms with Crippen LogP contribution < -0.4 is 0 Å². The Morgan fingerprint density at radius 2 is 1.69 bits per heavy atom. The predicted octanol–water partition coefficient (Wildman–Crippen LogP) is 4.04. The van der Waals surface area contributed by atoms with Crippen molar-refractivity contribution in [3.8, 4) is 12.0 Å². The van der Waals surface area contributed by atoms with E-state index in [0.717, 1.165) is 32.1 Å². The molecule has 0 saturated heterocycles. The van der Waals surface area contributed by atoms with E-state index in [-0.39, 0.29) is 5.97 Å². The quantitative estimate of drug-likeness (QED) is 0.353. The molecule has 16 heavy (non-hydrogen) atoms. The molecule has 0 aromatic rings. The number of hydrogen-bond donors (Lipinski definition) is 0. The van der Waals surface area contributed by atoms with Gasteiger partial charge in [0.25, 0.3) is 0 Å². The molecule has 0 aliphatic heterocycles. The standard InChI is InChI=1S/C14H24O2/c1-3-5-7-8-9-11-13-16-14(15)12-10-6-4-2/h3-10,12H2,1-2H3. The minimum atomic E-state index is -0.186. The molecule has 0 aliphatic rings. The van der Waals surface area contributed by atoms with Crippen LogP contribution in [0.25, 0.3) is 0 Å². The molecule has 0 aromatic carbocycles. The summed E-state index contributed by atoms with van der Waals surface area (Å²) in [5.41, 5.74) is 0. The third-order valence-electron chi connectivity index (χ3n) is 2.38. The second-order valence-corrected chi connectivity index (χ2v) is 4.02. The fourth-order valence-corrected chi connectivity index (χ4v) is 1.35. The molecule has 0 rings (SSSR count). The molecular formula is C14H24O2. The van der Waals surface area contributed by atoms with E-state index in [4.69, 9.17) is 4.74 Å². The van der Waals surface area contributed by atoms with Crippen LogP contribution in [0, 0.1) is 12.0 Å². The maximum atomic E-state index is 11.1. The van der Waals surface area contributed by atoms with Crippen molar-refractivity contribution >= 4 is 5.97 Å². The van der Waals surface area contributed by atoms with Crippen LogP contribution in [0.3, 0.4) is 0 Å². The van der Waals surface area contributed by atoms with Crippen molar-refractivity contribution in [3.63, 3.8) is 0 Å². The van der Waals surface area contributed by atoms with Crippen molar-refractivity contribution in [2.75, 3.05) is 0 Å². The van der Waals surface area contributed by atoms with E-state index in [1.165, 1.54) is 19.3 Å². The minimum Gasteiger partial charge on any atom is -0.372 e. The number of esters is 1. The summed E-state index contributed by atoms with van der Waals surface area (Å²) in [6, 6.07) is 0. The number of unbranched alkanes of at least 4 members (excludes halogenated alkanes) is 6. The highest BCUT2D eigenvalue weighted by Crippen LogP contribution is 2.01. The van der Waals surface area contributed by atoms with Gasteiger partial charge in [0.2, 0.25) is 0 Å². The van der Waals surface area contributed by atoms with E-state index >= 15 is 0 Å². The van der Waals surface area contributed by atoms with E-state index in [1.54, 1.807) is 0 Å². The fraction of sp³-hybridized carbons (Fsp3) is 0.786. The van der Waals surface area contributed by atoms with Crippen LogP contribution in [-0.2, 0) is 9.53 Å². The molecule has 0 atom stereocenters. The largest absolute Gasteiger partial charge is 0.372 e. The third kappa shape index (κ3) is 11.1. The van der Waals surface area contributed by atoms with Gasteiger partial charge >= 0.3 is 5.97 Å². The van der Waals surface area contributed by atoms with E-state index in [1.807, 2.05) is 0 Å². The highest BCUT2D eigenvalue weighted by molar-refractivity contribution is 5.70. The summed E-state index contributed by atoms with van der Waals surface area (Å²) in [6.45, 7) is 4.30. The van der Waals surface area contributed by atoms with Gasteiger partial charge in [0.1, 0.15) is 6.11 Å². The maximum absolute atomic E-state index is 11.1. The second kappa shape index (κ2) is 12.1. The van der Waals surface area contributed by atoms with E-state index in [0.29, 0.717) is 6.42 Å². The Balaban J connectivity index is 3.34. The first-order valence-corrected chi connectivity index (χ1v) is 6.48. The minimum absolute atomic E-state index is 0.186. The van der Waals surface area contributed by atoms with Gasteiger partial charge in [0, 0.05) is 12.8 Å². The summed E-state index contributed by atoms with van der Waals surface area (Å²) in [5.74, 6) is 2.69. The monoisotopic (exact) mass is 224 g/mol. The van der Waals surface area contributed by atoms with Gasteiger partial charge in [-0.15, -0.1) is 0 Å². The zero-order chi connectivity index (χ0) is 12.1. The second-order valence-electron chi connectivity index (χ2n) is 4.02. The molecule has 0 amide bonds. The molecule has 0 aromatic heterocycles. The molecule has 0 fully saturated rings. The molecule has 0 bridgehead atoms. The molecule has 92 valence electrons. The van der Waals surface area contributed by atoms with Crippen LogP contribution in [0.4, 0.5) is 0 Å². The molecule has 0 saturated carbocycles. The lowest BCUT2D eigenvalue weighted by Gasteiger charge is -1.95. The molecule has 0 N–H and O–H groups in total. The lowest BCUT2D eigenvalue weighted by atomic mass is 10.2. The highest BCUT2D eigenvalue weighted by Gasteiger charge is 1.99. The molecule has 2 heteroatoms. The van der Waals surface area contributed by atoms with Gasteiger partial charge in [-0.3, -0.25) is 4.79 Å². The highest BCUT2D eigenvalue weighted by atomic mass is 16.5. The zero-order valence-corrected chi connectivity index (χ0v) is 10.7. The van der Waals surface area contributed by atoms with Gasteiger partial charge in [0.15, 0.2) is 0 Å². The lowest BCUT2D eigenvalue weighted by Crippen LogP contribution is -1.98. The van der Waals surface area contributed by atoms with Gasteiger partial charge in [-0.1, -0.05) is 51.9 Å². The van der Waals surface area contributed by atoms with E-state index < -0.39 is 0 Å². The van der Waals surface area contributed by atoms with Crippen molar-refractivity contribution in [3.05, 3.63) is 0 Å². The smallest absolute Gasteiger partial charge is 0.319 e. The van der Waals surface area contributed by atoms with Crippen LogP contribution in [0.15, 0.2) is 0 Å². The number of carbonyl (C=O) groups is 1. The van der Waals surface area contributed by atoms with Crippen LogP contribution >= 0.6 is 0 Å². The Hall–Kier alpha value is -0.970. The summed E-state index contributed by atoms with van der Waals surface area (Å²) in [4.78, 5) is 11.1. The molecule has 0 heterocycles. The number of carbonyl (C=O) groups excluding carboxylic acids is 1. The van der Waals surface area contributed by atoms with Gasteiger partial charge in [0.05, 0.1) is 0 Å². The lowest BCUT2D eigenvalue weighted by molar-refractivity contribution is -0.136. The summed E-state index contributed by atoms with van der Waals surface area (Å²) < 4.78 is 4.80. The van der Waals surface area contributed by atoms with Gasteiger partial charge in [-0.05, 0) is 12.8 Å². The van der Waals surface area contributed by atoms with Crippen molar-refractivity contribution in [1.29, 1.82) is 0 Å². The summed E-state index contributed by atoms with van der Waals surface area (Å²) in [7, 11) is 0. The van der Waals surface area contributed by atoms with Gasteiger partial charge < -0.3 is 4.74 Å². The number of hydrogen-bond acceptors (Lipinski definition) is 2. The predicted molar refractivity (Wildman–Crippen MR) is 66.8 cm³/mol. The average molecular weight is 224 g/mol. The van der Waals surface area contributed by atoms with Gasteiger partial charge in [-0.25, -0.2) is 0 Å². The topological polar surface area (TPSA) is 26.3 Å². The van der Waals surface area contributed by atoms with E-state index in [2.05, 4.69) is 25.9 Å². The Bertz CT molecular complexity index is 223. The SMILES string of the molecule is CCCCCCC#COC(=O)CCCCC. The molecule has 0 radical (unpaired) electrons. The normalized spacial score (nSPS) is 9.38. The molecule has 0 spiro atoms. The average Bonchev–Trinajstić information content (AvgIpc) is 2.28. The molecule has 0 aliphatic carbocycles. The Kier molecular flexibility index (Phi) is 11.4. The van der Waals surface area contributed by atoms with Crippen molar-refractivity contribution in [2.45, 2.75) is 71.6 Å².